The molecule has 368 valence electrons. The summed E-state index contributed by atoms with van der Waals surface area (Å²) in [4.78, 5) is 57.3. The molecule has 4 aromatic carbocycles. The van der Waals surface area contributed by atoms with Crippen LogP contribution in [0.15, 0.2) is 85.1 Å². The minimum atomic E-state index is -1.35. The van der Waals surface area contributed by atoms with Crippen molar-refractivity contribution in [3.63, 3.8) is 0 Å². The number of esters is 1. The maximum Gasteiger partial charge on any atom is 0.508 e. The van der Waals surface area contributed by atoms with E-state index in [0.717, 1.165) is 43.1 Å². The third kappa shape index (κ3) is 11.4. The lowest BCUT2D eigenvalue weighted by atomic mass is 9.77. The quantitative estimate of drug-likeness (QED) is 0.0190. The Morgan fingerprint density at radius 1 is 0.901 bits per heavy atom. The van der Waals surface area contributed by atoms with Crippen molar-refractivity contribution < 1.29 is 43.5 Å². The zero-order valence-corrected chi connectivity index (χ0v) is 42.4. The number of aromatic hydroxyl groups is 2. The summed E-state index contributed by atoms with van der Waals surface area (Å²) in [7, 11) is 3.17. The van der Waals surface area contributed by atoms with Gasteiger partial charge >= 0.3 is 12.1 Å². The van der Waals surface area contributed by atoms with Gasteiger partial charge in [0.25, 0.3) is 0 Å². The molecule has 0 radical (unpaired) electrons. The predicted molar refractivity (Wildman–Crippen MR) is 280 cm³/mol. The minimum absolute atomic E-state index is 0.0186. The van der Waals surface area contributed by atoms with Gasteiger partial charge in [-0.05, 0) is 79.7 Å². The summed E-state index contributed by atoms with van der Waals surface area (Å²) >= 11 is 13.2. The number of benzene rings is 4. The van der Waals surface area contributed by atoms with Crippen LogP contribution >= 0.6 is 56.7 Å². The van der Waals surface area contributed by atoms with Crippen LogP contribution in [-0.2, 0) is 26.2 Å². The van der Waals surface area contributed by atoms with Crippen LogP contribution in [0.3, 0.4) is 0 Å². The second kappa shape index (κ2) is 22.0. The number of rotatable bonds is 17. The molecule has 1 fully saturated rings. The zero-order valence-electron chi connectivity index (χ0n) is 38.4. The number of nitrogens with zero attached hydrogens (tertiary/aromatic N) is 5. The molecular weight excluding hydrogens is 1010 g/mol. The van der Waals surface area contributed by atoms with Gasteiger partial charge in [-0.25, -0.2) is 24.5 Å². The number of thiocarbonyl (C=S) groups is 1. The Morgan fingerprint density at radius 2 is 1.62 bits per heavy atom. The van der Waals surface area contributed by atoms with Crippen LogP contribution in [0, 0.1) is 13.8 Å². The Balaban J connectivity index is 0.640. The lowest BCUT2D eigenvalue weighted by Gasteiger charge is -2.36. The third-order valence-electron chi connectivity index (χ3n) is 11.8. The standard InChI is InChI=1S/C49H47ClN8O9S4/c1-28-4-3-5-38(50)33(28)25-39(61)42-27-52-47(71-42)56-43-26-44(54-29(2)53-43)58-15-13-57(14-16-58)17-18-64-48(63)65-19-21-70-69-20-12-51-46(68)55-30-6-9-35-34(22-30)45(62)67-49(35)36-10-7-31(59)23-40(36)66-41-24-32(60)8-11-37(41)49/h3-11,22-24,26-27,59-60H,12-21,25H2,1-2H3,(H2,51,55,68)(H,52,53,54,56). The molecule has 0 atom stereocenters. The first kappa shape index (κ1) is 49.6. The number of ketones is 1. The number of piperazine rings is 1. The molecule has 0 saturated carbocycles. The van der Waals surface area contributed by atoms with Crippen LogP contribution in [0.2, 0.25) is 5.02 Å². The number of ether oxygens (including phenoxy) is 4. The lowest BCUT2D eigenvalue weighted by Crippen LogP contribution is -2.47. The smallest absolute Gasteiger partial charge is 0.508 e. The van der Waals surface area contributed by atoms with Crippen molar-refractivity contribution in [3.05, 3.63) is 134 Å². The molecule has 0 unspecified atom stereocenters. The predicted octanol–water partition coefficient (Wildman–Crippen LogP) is 8.99. The number of hydrogen-bond donors (Lipinski definition) is 5. The third-order valence-corrected chi connectivity index (χ3v) is 15.8. The van der Waals surface area contributed by atoms with Gasteiger partial charge in [0.1, 0.15) is 53.7 Å². The highest BCUT2D eigenvalue weighted by molar-refractivity contribution is 8.76. The van der Waals surface area contributed by atoms with Gasteiger partial charge in [0, 0.05) is 103 Å². The van der Waals surface area contributed by atoms with Gasteiger partial charge < -0.3 is 50.0 Å². The number of phenolic OH excluding ortho intramolecular Hbond substituents is 2. The molecule has 0 amide bonds. The fourth-order valence-corrected chi connectivity index (χ4v) is 11.4. The van der Waals surface area contributed by atoms with E-state index >= 15 is 0 Å². The van der Waals surface area contributed by atoms with E-state index in [-0.39, 0.29) is 36.9 Å². The van der Waals surface area contributed by atoms with Gasteiger partial charge in [-0.2, -0.15) is 0 Å². The Morgan fingerprint density at radius 3 is 2.37 bits per heavy atom. The van der Waals surface area contributed by atoms with E-state index in [4.69, 9.17) is 42.8 Å². The topological polar surface area (TPSA) is 210 Å². The van der Waals surface area contributed by atoms with Crippen molar-refractivity contribution in [2.45, 2.75) is 25.9 Å². The molecule has 0 bridgehead atoms. The number of fused-ring (bicyclic) bond motifs is 6. The number of aryl methyl sites for hydroxylation is 2. The number of anilines is 4. The molecule has 17 nitrogen and oxygen atoms in total. The molecule has 0 aliphatic carbocycles. The van der Waals surface area contributed by atoms with Crippen LogP contribution in [0.5, 0.6) is 23.0 Å². The van der Waals surface area contributed by atoms with Crippen LogP contribution < -0.4 is 25.6 Å². The number of carbonyl (C=O) groups is 3. The molecule has 9 rings (SSSR count). The highest BCUT2D eigenvalue weighted by Crippen LogP contribution is 2.57. The van der Waals surface area contributed by atoms with Crippen LogP contribution in [-0.4, -0.2) is 117 Å². The van der Waals surface area contributed by atoms with E-state index in [1.165, 1.54) is 35.6 Å². The summed E-state index contributed by atoms with van der Waals surface area (Å²) in [6.45, 7) is 8.30. The average Bonchev–Trinajstić information content (AvgIpc) is 3.92. The van der Waals surface area contributed by atoms with Crippen molar-refractivity contribution in [2.75, 3.05) is 79.5 Å². The molecular formula is C49H47ClN8O9S4. The van der Waals surface area contributed by atoms with Gasteiger partial charge in [0.2, 0.25) is 0 Å². The lowest BCUT2D eigenvalue weighted by molar-refractivity contribution is 0.0223. The fraction of sp³-hybridized carbons (Fsp3) is 0.286. The summed E-state index contributed by atoms with van der Waals surface area (Å²) in [6, 6.07) is 22.0. The maximum absolute atomic E-state index is 13.4. The first-order valence-corrected chi connectivity index (χ1v) is 26.6. The summed E-state index contributed by atoms with van der Waals surface area (Å²) in [6.07, 6.45) is 1.07. The average molecular weight is 1060 g/mol. The molecule has 1 saturated heterocycles. The van der Waals surface area contributed by atoms with Gasteiger partial charge in [-0.15, -0.1) is 0 Å². The number of hydrogen-bond acceptors (Lipinski definition) is 19. The number of phenols is 2. The molecule has 3 aliphatic rings. The molecule has 5 N–H and O–H groups in total. The molecule has 2 aromatic heterocycles. The van der Waals surface area contributed by atoms with E-state index < -0.39 is 17.7 Å². The second-order valence-electron chi connectivity index (χ2n) is 16.5. The number of Topliss-reactive ketones (excluding diaryl/α,β-unsaturated/α-hetero) is 1. The van der Waals surface area contributed by atoms with Crippen LogP contribution in [0.25, 0.3) is 0 Å². The zero-order chi connectivity index (χ0) is 49.6. The molecule has 22 heteroatoms. The highest BCUT2D eigenvalue weighted by Gasteiger charge is 2.53. The van der Waals surface area contributed by atoms with E-state index in [0.29, 0.717) is 95.8 Å². The number of aromatic nitrogens is 3. The Bertz CT molecular complexity index is 2940. The monoisotopic (exact) mass is 1050 g/mol. The number of carbonyl (C=O) groups excluding carboxylic acids is 3. The Labute approximate surface area is 431 Å². The SMILES string of the molecule is Cc1nc(Nc2ncc(C(=O)Cc3c(C)cccc3Cl)s2)cc(N2CCN(CCOC(=O)OCCSSCCNC(=S)Nc3ccc4c(c3)C(=O)OC43c4ccc(O)cc4Oc4cc(O)ccc43)CC2)n1. The number of nitrogens with one attached hydrogen (secondary N) is 3. The minimum Gasteiger partial charge on any atom is -0.508 e. The summed E-state index contributed by atoms with van der Waals surface area (Å²) < 4.78 is 22.8. The largest absolute Gasteiger partial charge is 0.508 e. The Hall–Kier alpha value is -6.36. The van der Waals surface area contributed by atoms with E-state index in [2.05, 4.69) is 40.7 Å². The van der Waals surface area contributed by atoms with Crippen LogP contribution in [0.1, 0.15) is 53.7 Å². The summed E-state index contributed by atoms with van der Waals surface area (Å²) in [5.41, 5.74) is 3.04. The molecule has 1 spiro atoms. The number of thiazole rings is 1. The van der Waals surface area contributed by atoms with Crippen molar-refractivity contribution in [3.8, 4) is 23.0 Å². The molecule has 6 aromatic rings. The normalized spacial score (nSPS) is 14.4. The summed E-state index contributed by atoms with van der Waals surface area (Å²) in [5, 5.41) is 31.4. The molecule has 5 heterocycles. The van der Waals surface area contributed by atoms with Crippen molar-refractivity contribution in [1.29, 1.82) is 0 Å². The van der Waals surface area contributed by atoms with Gasteiger partial charge in [-0.3, -0.25) is 9.69 Å². The second-order valence-corrected chi connectivity index (χ2v) is 21.1. The first-order chi connectivity index (χ1) is 34.3. The van der Waals surface area contributed by atoms with E-state index in [1.807, 2.05) is 32.0 Å². The highest BCUT2D eigenvalue weighted by atomic mass is 35.5. The van der Waals surface area contributed by atoms with Crippen LogP contribution in [0.4, 0.5) is 27.2 Å². The molecule has 3 aliphatic heterocycles. The van der Waals surface area contributed by atoms with Gasteiger partial charge in [0.15, 0.2) is 21.6 Å². The van der Waals surface area contributed by atoms with Gasteiger partial charge in [-0.1, -0.05) is 62.7 Å². The van der Waals surface area contributed by atoms with Gasteiger partial charge in [0.05, 0.1) is 16.6 Å². The van der Waals surface area contributed by atoms with Crippen molar-refractivity contribution in [2.24, 2.45) is 0 Å². The Kier molecular flexibility index (Phi) is 15.3. The van der Waals surface area contributed by atoms with Crippen molar-refractivity contribution >= 4 is 102 Å². The fourth-order valence-electron chi connectivity index (χ4n) is 8.43. The first-order valence-electron chi connectivity index (χ1n) is 22.5. The molecule has 71 heavy (non-hydrogen) atoms. The maximum atomic E-state index is 13.4. The summed E-state index contributed by atoms with van der Waals surface area (Å²) in [5.74, 6) is 3.25. The van der Waals surface area contributed by atoms with E-state index in [1.54, 1.807) is 64.2 Å². The van der Waals surface area contributed by atoms with Crippen molar-refractivity contribution in [1.82, 2.24) is 25.2 Å². The number of halogens is 1. The van der Waals surface area contributed by atoms with E-state index in [9.17, 15) is 24.6 Å².